The van der Waals surface area contributed by atoms with Gasteiger partial charge in [0, 0.05) is 16.7 Å². The van der Waals surface area contributed by atoms with Gasteiger partial charge in [-0.05, 0) is 71.8 Å². The Morgan fingerprint density at radius 3 is 1.59 bits per heavy atom. The van der Waals surface area contributed by atoms with Gasteiger partial charge in [0.2, 0.25) is 0 Å². The molecule has 0 aliphatic heterocycles. The molecule has 1 heterocycles. The van der Waals surface area contributed by atoms with E-state index >= 15 is 0 Å². The van der Waals surface area contributed by atoms with E-state index in [1.807, 2.05) is 48.5 Å². The van der Waals surface area contributed by atoms with Gasteiger partial charge < -0.3 is 0 Å². The van der Waals surface area contributed by atoms with Gasteiger partial charge in [-0.25, -0.2) is 15.0 Å². The van der Waals surface area contributed by atoms with E-state index in [-0.39, 0.29) is 29.7 Å². The van der Waals surface area contributed by atoms with Crippen LogP contribution in [0.2, 0.25) is 0 Å². The molecule has 10 rings (SSSR count). The third-order valence-corrected chi connectivity index (χ3v) is 10.0. The fourth-order valence-electron chi connectivity index (χ4n) is 7.40. The molecule has 10 aromatic rings. The van der Waals surface area contributed by atoms with Crippen LogP contribution in [0.25, 0.3) is 99.9 Å². The summed E-state index contributed by atoms with van der Waals surface area (Å²) in [5, 5.41) is 7.17. The average molecular weight is 693 g/mol. The highest BCUT2D eigenvalue weighted by atomic mass is 15.0. The van der Waals surface area contributed by atoms with Gasteiger partial charge in [0.1, 0.15) is 0 Å². The fraction of sp³-hybridized carbons (Fsp3) is 0. The standard InChI is InChI=1S/C51H33N3/c1-3-13-34(14-4-1)35-23-27-39(28-24-35)49-52-50(54-51(53-49)46-22-12-11-19-42(46)36-15-5-2-6-16-36)40-29-25-38(26-30-40)48-44-21-10-8-18-41(44)33-47-43-20-9-7-17-37(43)31-32-45(47)48/h1-33H/i1D,3D,4D,13D,14D. The zero-order valence-corrected chi connectivity index (χ0v) is 29.0. The minimum atomic E-state index is -0.423. The molecule has 3 nitrogen and oxygen atoms in total. The lowest BCUT2D eigenvalue weighted by molar-refractivity contribution is 1.07. The van der Waals surface area contributed by atoms with Crippen molar-refractivity contribution in [2.45, 2.75) is 0 Å². The summed E-state index contributed by atoms with van der Waals surface area (Å²) in [4.78, 5) is 15.2. The van der Waals surface area contributed by atoms with E-state index in [0.29, 0.717) is 28.6 Å². The van der Waals surface area contributed by atoms with Gasteiger partial charge >= 0.3 is 0 Å². The molecule has 0 spiro atoms. The van der Waals surface area contributed by atoms with Crippen molar-refractivity contribution in [3.05, 3.63) is 200 Å². The molecule has 0 aliphatic carbocycles. The lowest BCUT2D eigenvalue weighted by Gasteiger charge is -2.15. The molecule has 0 aliphatic rings. The van der Waals surface area contributed by atoms with Crippen molar-refractivity contribution in [3.8, 4) is 67.5 Å². The van der Waals surface area contributed by atoms with Crippen LogP contribution < -0.4 is 0 Å². The topological polar surface area (TPSA) is 38.7 Å². The Labute approximate surface area is 321 Å². The number of aromatic nitrogens is 3. The summed E-state index contributed by atoms with van der Waals surface area (Å²) in [6.07, 6.45) is 0. The average Bonchev–Trinajstić information content (AvgIpc) is 3.30. The van der Waals surface area contributed by atoms with Crippen molar-refractivity contribution in [2.75, 3.05) is 0 Å². The van der Waals surface area contributed by atoms with Crippen LogP contribution >= 0.6 is 0 Å². The molecule has 0 atom stereocenters. The quantitative estimate of drug-likeness (QED) is 0.129. The van der Waals surface area contributed by atoms with E-state index < -0.39 is 6.04 Å². The van der Waals surface area contributed by atoms with Crippen LogP contribution in [0.3, 0.4) is 0 Å². The molecule has 0 N–H and O–H groups in total. The molecule has 0 saturated heterocycles. The Morgan fingerprint density at radius 2 is 0.870 bits per heavy atom. The smallest absolute Gasteiger partial charge is 0.164 e. The largest absolute Gasteiger partial charge is 0.208 e. The van der Waals surface area contributed by atoms with Gasteiger partial charge in [0.15, 0.2) is 17.5 Å². The monoisotopic (exact) mass is 692 g/mol. The summed E-state index contributed by atoms with van der Waals surface area (Å²) in [5.74, 6) is 1.45. The normalized spacial score (nSPS) is 12.6. The number of hydrogen-bond donors (Lipinski definition) is 0. The van der Waals surface area contributed by atoms with Crippen molar-refractivity contribution in [1.82, 2.24) is 15.0 Å². The van der Waals surface area contributed by atoms with E-state index in [9.17, 15) is 0 Å². The predicted molar refractivity (Wildman–Crippen MR) is 225 cm³/mol. The SMILES string of the molecule is [2H]c1c([2H])c([2H])c(-c2ccc(-c3nc(-c4ccc(-c5c6ccccc6cc6c5ccc5ccccc56)cc4)nc(-c4ccccc4-c4ccccc4)n3)cc2)c([2H])c1[2H]. The number of rotatable bonds is 6. The van der Waals surface area contributed by atoms with Crippen molar-refractivity contribution in [3.63, 3.8) is 0 Å². The van der Waals surface area contributed by atoms with E-state index in [1.165, 1.54) is 37.9 Å². The van der Waals surface area contributed by atoms with E-state index in [2.05, 4.69) is 109 Å². The highest BCUT2D eigenvalue weighted by Crippen LogP contribution is 2.40. The molecule has 9 aromatic carbocycles. The molecule has 3 heteroatoms. The number of hydrogen-bond acceptors (Lipinski definition) is 3. The van der Waals surface area contributed by atoms with Crippen molar-refractivity contribution in [2.24, 2.45) is 0 Å². The molecule has 0 fully saturated rings. The fourth-order valence-corrected chi connectivity index (χ4v) is 7.40. The Morgan fingerprint density at radius 1 is 0.315 bits per heavy atom. The number of fused-ring (bicyclic) bond motifs is 4. The summed E-state index contributed by atoms with van der Waals surface area (Å²) in [6, 6.07) is 55.9. The van der Waals surface area contributed by atoms with Crippen LogP contribution in [0.4, 0.5) is 0 Å². The maximum Gasteiger partial charge on any atom is 0.164 e. The lowest BCUT2D eigenvalue weighted by Crippen LogP contribution is -2.01. The number of benzene rings is 9. The van der Waals surface area contributed by atoms with Crippen LogP contribution in [0, 0.1) is 0 Å². The summed E-state index contributed by atoms with van der Waals surface area (Å²) in [7, 11) is 0. The van der Waals surface area contributed by atoms with Gasteiger partial charge in [0.25, 0.3) is 0 Å². The lowest BCUT2D eigenvalue weighted by atomic mass is 9.89. The molecule has 0 unspecified atom stereocenters. The first-order valence-corrected chi connectivity index (χ1v) is 17.9. The maximum atomic E-state index is 8.50. The van der Waals surface area contributed by atoms with Gasteiger partial charge in [-0.2, -0.15) is 0 Å². The summed E-state index contributed by atoms with van der Waals surface area (Å²) >= 11 is 0. The molecular formula is C51H33N3. The first kappa shape index (κ1) is 26.5. The first-order valence-electron chi connectivity index (χ1n) is 20.4. The van der Waals surface area contributed by atoms with Crippen LogP contribution in [-0.4, -0.2) is 15.0 Å². The van der Waals surface area contributed by atoms with Crippen LogP contribution in [0.1, 0.15) is 6.85 Å². The molecule has 0 saturated carbocycles. The third-order valence-electron chi connectivity index (χ3n) is 10.0. The maximum absolute atomic E-state index is 8.50. The highest BCUT2D eigenvalue weighted by Gasteiger charge is 2.17. The molecular weight excluding hydrogens is 655 g/mol. The number of nitrogens with zero attached hydrogens (tertiary/aromatic N) is 3. The molecule has 0 bridgehead atoms. The Hall–Kier alpha value is -7.23. The molecule has 0 amide bonds. The highest BCUT2D eigenvalue weighted by molar-refractivity contribution is 6.20. The summed E-state index contributed by atoms with van der Waals surface area (Å²) < 4.78 is 41.4. The Kier molecular flexibility index (Phi) is 6.58. The van der Waals surface area contributed by atoms with Crippen LogP contribution in [0.15, 0.2) is 200 Å². The van der Waals surface area contributed by atoms with Crippen molar-refractivity contribution < 1.29 is 6.85 Å². The Balaban J connectivity index is 1.12. The second-order valence-electron chi connectivity index (χ2n) is 13.2. The zero-order valence-electron chi connectivity index (χ0n) is 34.0. The van der Waals surface area contributed by atoms with Crippen LogP contribution in [0.5, 0.6) is 0 Å². The van der Waals surface area contributed by atoms with E-state index in [1.54, 1.807) is 12.1 Å². The first-order chi connectivity index (χ1) is 28.8. The molecule has 252 valence electrons. The van der Waals surface area contributed by atoms with Crippen molar-refractivity contribution in [1.29, 1.82) is 0 Å². The molecule has 0 radical (unpaired) electrons. The minimum absolute atomic E-state index is 0.142. The zero-order chi connectivity index (χ0) is 40.2. The van der Waals surface area contributed by atoms with Gasteiger partial charge in [0.05, 0.1) is 6.85 Å². The third kappa shape index (κ3) is 5.69. The van der Waals surface area contributed by atoms with E-state index in [4.69, 9.17) is 21.8 Å². The summed E-state index contributed by atoms with van der Waals surface area (Å²) in [5.41, 5.74) is 7.28. The molecule has 1 aromatic heterocycles. The predicted octanol–water partition coefficient (Wildman–Crippen LogP) is 13.3. The minimum Gasteiger partial charge on any atom is -0.208 e. The summed E-state index contributed by atoms with van der Waals surface area (Å²) in [6.45, 7) is 0. The van der Waals surface area contributed by atoms with E-state index in [0.717, 1.165) is 27.8 Å². The Bertz CT molecular complexity index is 3230. The molecule has 54 heavy (non-hydrogen) atoms. The van der Waals surface area contributed by atoms with Gasteiger partial charge in [-0.15, -0.1) is 0 Å². The van der Waals surface area contributed by atoms with Gasteiger partial charge in [-0.3, -0.25) is 0 Å². The van der Waals surface area contributed by atoms with Gasteiger partial charge in [-0.1, -0.05) is 194 Å². The second kappa shape index (κ2) is 13.4. The second-order valence-corrected chi connectivity index (χ2v) is 13.2. The van der Waals surface area contributed by atoms with Crippen molar-refractivity contribution >= 4 is 32.3 Å². The van der Waals surface area contributed by atoms with Crippen LogP contribution in [-0.2, 0) is 0 Å².